The highest BCUT2D eigenvalue weighted by atomic mass is 14.4. The Morgan fingerprint density at radius 3 is 2.85 bits per heavy atom. The van der Waals surface area contributed by atoms with E-state index in [4.69, 9.17) is 0 Å². The molecule has 2 unspecified atom stereocenters. The predicted octanol–water partition coefficient (Wildman–Crippen LogP) is 6.97. The summed E-state index contributed by atoms with van der Waals surface area (Å²) in [4.78, 5) is 0. The van der Waals surface area contributed by atoms with E-state index in [-0.39, 0.29) is 0 Å². The van der Waals surface area contributed by atoms with Crippen LogP contribution in [0.1, 0.15) is 55.2 Å². The Hall–Kier alpha value is -2.34. The zero-order valence-corrected chi connectivity index (χ0v) is 15.8. The van der Waals surface area contributed by atoms with Crippen molar-refractivity contribution in [3.63, 3.8) is 0 Å². The third-order valence-corrected chi connectivity index (χ3v) is 6.50. The van der Waals surface area contributed by atoms with Crippen molar-refractivity contribution >= 4 is 5.57 Å². The van der Waals surface area contributed by atoms with E-state index in [1.54, 1.807) is 22.3 Å². The lowest BCUT2D eigenvalue weighted by Gasteiger charge is -2.20. The Balaban J connectivity index is 1.70. The van der Waals surface area contributed by atoms with Crippen LogP contribution in [0.5, 0.6) is 0 Å². The SMILES string of the molecule is CCCC1=CC=C2c3cccc(C)c3C3C=CC(C4=CC=CC4)=C3CC12. The Kier molecular flexibility index (Phi) is 3.74. The van der Waals surface area contributed by atoms with E-state index in [0.717, 1.165) is 6.42 Å². The Morgan fingerprint density at radius 2 is 2.04 bits per heavy atom. The molecule has 0 nitrogen and oxygen atoms in total. The van der Waals surface area contributed by atoms with Crippen molar-refractivity contribution in [2.75, 3.05) is 0 Å². The Morgan fingerprint density at radius 1 is 1.12 bits per heavy atom. The molecule has 0 aliphatic heterocycles. The van der Waals surface area contributed by atoms with E-state index in [1.807, 2.05) is 0 Å². The minimum Gasteiger partial charge on any atom is -0.0801 e. The summed E-state index contributed by atoms with van der Waals surface area (Å²) < 4.78 is 0. The van der Waals surface area contributed by atoms with E-state index in [9.17, 15) is 0 Å². The van der Waals surface area contributed by atoms with Gasteiger partial charge < -0.3 is 0 Å². The van der Waals surface area contributed by atoms with Crippen LogP contribution < -0.4 is 0 Å². The molecule has 26 heavy (non-hydrogen) atoms. The van der Waals surface area contributed by atoms with Gasteiger partial charge in [0.1, 0.15) is 0 Å². The number of aryl methyl sites for hydroxylation is 1. The molecule has 1 aromatic carbocycles. The van der Waals surface area contributed by atoms with Crippen molar-refractivity contribution in [3.05, 3.63) is 99.7 Å². The molecule has 0 bridgehead atoms. The molecular weight excluding hydrogens is 312 g/mol. The lowest BCUT2D eigenvalue weighted by molar-refractivity contribution is 0.704. The molecule has 1 aromatic rings. The van der Waals surface area contributed by atoms with E-state index in [0.29, 0.717) is 11.8 Å². The van der Waals surface area contributed by atoms with E-state index >= 15 is 0 Å². The number of fused-ring (bicyclic) bond motifs is 5. The van der Waals surface area contributed by atoms with Crippen LogP contribution in [0.15, 0.2) is 83.0 Å². The molecule has 130 valence electrons. The van der Waals surface area contributed by atoms with E-state index < -0.39 is 0 Å². The summed E-state index contributed by atoms with van der Waals surface area (Å²) in [5.74, 6) is 1.03. The average Bonchev–Trinajstić information content (AvgIpc) is 3.35. The third-order valence-electron chi connectivity index (χ3n) is 6.50. The van der Waals surface area contributed by atoms with Gasteiger partial charge in [0, 0.05) is 11.8 Å². The normalized spacial score (nSPS) is 25.5. The number of allylic oxidation sites excluding steroid dienone is 12. The molecule has 0 aromatic heterocycles. The van der Waals surface area contributed by atoms with Gasteiger partial charge in [-0.2, -0.15) is 0 Å². The largest absolute Gasteiger partial charge is 0.0801 e. The number of hydrogen-bond donors (Lipinski definition) is 0. The van der Waals surface area contributed by atoms with Crippen LogP contribution in [0.2, 0.25) is 0 Å². The van der Waals surface area contributed by atoms with Crippen LogP contribution >= 0.6 is 0 Å². The quantitative estimate of drug-likeness (QED) is 0.558. The Bertz CT molecular complexity index is 956. The molecule has 0 heteroatoms. The zero-order valence-electron chi connectivity index (χ0n) is 15.8. The molecule has 0 N–H and O–H groups in total. The van der Waals surface area contributed by atoms with Gasteiger partial charge in [-0.15, -0.1) is 0 Å². The molecule has 5 rings (SSSR count). The number of rotatable bonds is 3. The van der Waals surface area contributed by atoms with Gasteiger partial charge >= 0.3 is 0 Å². The highest BCUT2D eigenvalue weighted by Gasteiger charge is 2.36. The molecule has 4 aliphatic rings. The molecular formula is C26H26. The molecule has 0 amide bonds. The van der Waals surface area contributed by atoms with Gasteiger partial charge in [-0.05, 0) is 59.6 Å². The van der Waals surface area contributed by atoms with Crippen molar-refractivity contribution in [3.8, 4) is 0 Å². The number of benzene rings is 1. The van der Waals surface area contributed by atoms with Gasteiger partial charge in [0.2, 0.25) is 0 Å². The number of hydrogen-bond acceptors (Lipinski definition) is 0. The smallest absolute Gasteiger partial charge is 0.0249 e. The fourth-order valence-corrected chi connectivity index (χ4v) is 5.31. The zero-order chi connectivity index (χ0) is 17.7. The predicted molar refractivity (Wildman–Crippen MR) is 111 cm³/mol. The molecule has 4 aliphatic carbocycles. The third kappa shape index (κ3) is 2.28. The highest BCUT2D eigenvalue weighted by molar-refractivity contribution is 5.81. The van der Waals surface area contributed by atoms with Crippen LogP contribution in [0.25, 0.3) is 5.57 Å². The van der Waals surface area contributed by atoms with Crippen LogP contribution in [0.3, 0.4) is 0 Å². The summed E-state index contributed by atoms with van der Waals surface area (Å²) in [6, 6.07) is 6.88. The first kappa shape index (κ1) is 15.9. The maximum absolute atomic E-state index is 2.46. The van der Waals surface area contributed by atoms with Crippen molar-refractivity contribution in [2.45, 2.75) is 45.4 Å². The second-order valence-electron chi connectivity index (χ2n) is 8.01. The average molecular weight is 338 g/mol. The molecule has 2 atom stereocenters. The van der Waals surface area contributed by atoms with Crippen LogP contribution in [0.4, 0.5) is 0 Å². The van der Waals surface area contributed by atoms with Crippen LogP contribution in [-0.4, -0.2) is 0 Å². The molecule has 0 saturated carbocycles. The first-order chi connectivity index (χ1) is 12.8. The van der Waals surface area contributed by atoms with Crippen LogP contribution in [0, 0.1) is 12.8 Å². The summed E-state index contributed by atoms with van der Waals surface area (Å²) in [6.45, 7) is 4.59. The molecule has 0 radical (unpaired) electrons. The van der Waals surface area contributed by atoms with Crippen molar-refractivity contribution < 1.29 is 0 Å². The summed E-state index contributed by atoms with van der Waals surface area (Å²) in [7, 11) is 0. The molecule has 0 spiro atoms. The molecule has 0 heterocycles. The van der Waals surface area contributed by atoms with Crippen molar-refractivity contribution in [1.82, 2.24) is 0 Å². The summed E-state index contributed by atoms with van der Waals surface area (Å²) >= 11 is 0. The van der Waals surface area contributed by atoms with Gasteiger partial charge in [0.05, 0.1) is 0 Å². The minimum absolute atomic E-state index is 0.456. The lowest BCUT2D eigenvalue weighted by atomic mass is 9.84. The first-order valence-corrected chi connectivity index (χ1v) is 10.1. The van der Waals surface area contributed by atoms with Gasteiger partial charge in [-0.1, -0.05) is 85.2 Å². The monoisotopic (exact) mass is 338 g/mol. The second kappa shape index (κ2) is 6.13. The minimum atomic E-state index is 0.456. The lowest BCUT2D eigenvalue weighted by Crippen LogP contribution is -2.05. The van der Waals surface area contributed by atoms with Gasteiger partial charge in [0.25, 0.3) is 0 Å². The maximum atomic E-state index is 2.46. The van der Waals surface area contributed by atoms with Crippen molar-refractivity contribution in [1.29, 1.82) is 0 Å². The topological polar surface area (TPSA) is 0 Å². The van der Waals surface area contributed by atoms with Crippen molar-refractivity contribution in [2.24, 2.45) is 5.92 Å². The van der Waals surface area contributed by atoms with E-state index in [2.05, 4.69) is 74.6 Å². The first-order valence-electron chi connectivity index (χ1n) is 10.1. The van der Waals surface area contributed by atoms with E-state index in [1.165, 1.54) is 41.5 Å². The highest BCUT2D eigenvalue weighted by Crippen LogP contribution is 2.53. The fraction of sp³-hybridized carbons (Fsp3) is 0.308. The summed E-state index contributed by atoms with van der Waals surface area (Å²) in [5, 5.41) is 0. The van der Waals surface area contributed by atoms with Gasteiger partial charge in [-0.3, -0.25) is 0 Å². The summed E-state index contributed by atoms with van der Waals surface area (Å²) in [6.07, 6.45) is 21.2. The molecule has 0 fully saturated rings. The second-order valence-corrected chi connectivity index (χ2v) is 8.01. The maximum Gasteiger partial charge on any atom is 0.0249 e. The fourth-order valence-electron chi connectivity index (χ4n) is 5.31. The Labute approximate surface area is 157 Å². The van der Waals surface area contributed by atoms with Gasteiger partial charge in [0.15, 0.2) is 0 Å². The summed E-state index contributed by atoms with van der Waals surface area (Å²) in [5.41, 5.74) is 12.3. The van der Waals surface area contributed by atoms with Crippen LogP contribution in [-0.2, 0) is 0 Å². The van der Waals surface area contributed by atoms with Gasteiger partial charge in [-0.25, -0.2) is 0 Å². The standard InChI is InChI=1S/C26H26/c1-3-7-18-12-13-21-22-11-6-8-17(2)26(22)23-15-14-20(19-9-4-5-10-19)25(23)16-24(18)21/h4-6,8-9,11-15,23-24H,3,7,10,16H2,1-2H3. The molecule has 0 saturated heterocycles.